The minimum absolute atomic E-state index is 0.0544. The van der Waals surface area contributed by atoms with Gasteiger partial charge in [0, 0.05) is 13.1 Å². The van der Waals surface area contributed by atoms with Crippen LogP contribution in [-0.2, 0) is 6.42 Å². The van der Waals surface area contributed by atoms with Crippen molar-refractivity contribution in [2.24, 2.45) is 0 Å². The van der Waals surface area contributed by atoms with Crippen LogP contribution in [0, 0.1) is 11.3 Å². The number of nitrogens with zero attached hydrogens (tertiary/aromatic N) is 4. The van der Waals surface area contributed by atoms with Gasteiger partial charge in [-0.1, -0.05) is 17.8 Å². The van der Waals surface area contributed by atoms with Crippen molar-refractivity contribution < 1.29 is 4.79 Å². The smallest absolute Gasteiger partial charge is 0.267 e. The highest BCUT2D eigenvalue weighted by molar-refractivity contribution is 7.08. The minimum Gasteiger partial charge on any atom is -0.337 e. The summed E-state index contributed by atoms with van der Waals surface area (Å²) in [5, 5.41) is 12.5. The predicted octanol–water partition coefficient (Wildman–Crippen LogP) is 1.87. The maximum atomic E-state index is 12.2. The fourth-order valence-electron chi connectivity index (χ4n) is 1.50. The van der Waals surface area contributed by atoms with Gasteiger partial charge in [0.15, 0.2) is 0 Å². The Hall–Kier alpha value is -1.48. The quantitative estimate of drug-likeness (QED) is 0.775. The lowest BCUT2D eigenvalue weighted by molar-refractivity contribution is 0.0771. The van der Waals surface area contributed by atoms with E-state index in [0.717, 1.165) is 30.1 Å². The Labute approximate surface area is 105 Å². The van der Waals surface area contributed by atoms with Gasteiger partial charge < -0.3 is 4.90 Å². The van der Waals surface area contributed by atoms with Crippen LogP contribution < -0.4 is 0 Å². The fourth-order valence-corrected chi connectivity index (χ4v) is 2.18. The molecule has 0 saturated heterocycles. The van der Waals surface area contributed by atoms with Crippen molar-refractivity contribution in [3.8, 4) is 6.07 Å². The molecule has 1 rings (SSSR count). The summed E-state index contributed by atoms with van der Waals surface area (Å²) in [6.45, 7) is 5.02. The van der Waals surface area contributed by atoms with Crippen LogP contribution in [0.15, 0.2) is 0 Å². The Kier molecular flexibility index (Phi) is 5.57. The zero-order chi connectivity index (χ0) is 12.7. The number of carbonyl (C=O) groups excluding carboxylic acids is 1. The van der Waals surface area contributed by atoms with E-state index in [0.29, 0.717) is 24.4 Å². The first-order chi connectivity index (χ1) is 8.24. The van der Waals surface area contributed by atoms with Crippen LogP contribution in [0.1, 0.15) is 42.1 Å². The number of nitriles is 1. The summed E-state index contributed by atoms with van der Waals surface area (Å²) in [5.41, 5.74) is 0.776. The van der Waals surface area contributed by atoms with E-state index in [1.165, 1.54) is 0 Å². The highest BCUT2D eigenvalue weighted by atomic mass is 32.1. The van der Waals surface area contributed by atoms with Gasteiger partial charge in [-0.2, -0.15) is 5.26 Å². The SMILES string of the molecule is CCCc1nnsc1C(=O)N(CC)CCC#N. The van der Waals surface area contributed by atoms with Crippen LogP contribution in [0.5, 0.6) is 0 Å². The standard InChI is InChI=1S/C11H16N4OS/c1-3-6-9-10(17-14-13-9)11(16)15(4-2)8-5-7-12/h3-6,8H2,1-2H3. The molecular weight excluding hydrogens is 236 g/mol. The van der Waals surface area contributed by atoms with Gasteiger partial charge in [-0.25, -0.2) is 0 Å². The molecular formula is C11H16N4OS. The van der Waals surface area contributed by atoms with Crippen LogP contribution in [0.25, 0.3) is 0 Å². The molecule has 0 atom stereocenters. The number of hydrogen-bond donors (Lipinski definition) is 0. The van der Waals surface area contributed by atoms with Gasteiger partial charge in [0.2, 0.25) is 0 Å². The summed E-state index contributed by atoms with van der Waals surface area (Å²) in [5.74, 6) is -0.0544. The monoisotopic (exact) mass is 252 g/mol. The molecule has 0 bridgehead atoms. The molecule has 5 nitrogen and oxygen atoms in total. The zero-order valence-electron chi connectivity index (χ0n) is 10.1. The molecule has 0 spiro atoms. The summed E-state index contributed by atoms with van der Waals surface area (Å²) < 4.78 is 3.84. The summed E-state index contributed by atoms with van der Waals surface area (Å²) in [6, 6.07) is 2.05. The second kappa shape index (κ2) is 6.97. The molecule has 0 aliphatic carbocycles. The number of hydrogen-bond acceptors (Lipinski definition) is 5. The Morgan fingerprint density at radius 2 is 2.29 bits per heavy atom. The third kappa shape index (κ3) is 3.49. The van der Waals surface area contributed by atoms with Crippen molar-refractivity contribution >= 4 is 17.4 Å². The van der Waals surface area contributed by atoms with E-state index in [4.69, 9.17) is 5.26 Å². The molecule has 92 valence electrons. The van der Waals surface area contributed by atoms with Crippen molar-refractivity contribution in [1.29, 1.82) is 5.26 Å². The molecule has 0 saturated carbocycles. The summed E-state index contributed by atoms with van der Waals surface area (Å²) in [7, 11) is 0. The van der Waals surface area contributed by atoms with Crippen molar-refractivity contribution in [2.75, 3.05) is 13.1 Å². The molecule has 1 aromatic rings. The molecule has 1 amide bonds. The summed E-state index contributed by atoms with van der Waals surface area (Å²) in [4.78, 5) is 14.5. The predicted molar refractivity (Wildman–Crippen MR) is 65.7 cm³/mol. The van der Waals surface area contributed by atoms with E-state index in [9.17, 15) is 4.79 Å². The fraction of sp³-hybridized carbons (Fsp3) is 0.636. The van der Waals surface area contributed by atoms with Crippen molar-refractivity contribution in [1.82, 2.24) is 14.5 Å². The molecule has 0 unspecified atom stereocenters. The third-order valence-corrected chi connectivity index (χ3v) is 3.16. The Bertz CT molecular complexity index is 410. The summed E-state index contributed by atoms with van der Waals surface area (Å²) in [6.07, 6.45) is 2.07. The number of amides is 1. The van der Waals surface area contributed by atoms with Crippen molar-refractivity contribution in [2.45, 2.75) is 33.1 Å². The average Bonchev–Trinajstić information content (AvgIpc) is 2.78. The lowest BCUT2D eigenvalue weighted by Crippen LogP contribution is -2.31. The van der Waals surface area contributed by atoms with E-state index in [2.05, 4.69) is 15.7 Å². The van der Waals surface area contributed by atoms with Crippen LogP contribution in [-0.4, -0.2) is 33.5 Å². The molecule has 0 aliphatic heterocycles. The number of aromatic nitrogens is 2. The van der Waals surface area contributed by atoms with Crippen LogP contribution in [0.2, 0.25) is 0 Å². The molecule has 0 fully saturated rings. The van der Waals surface area contributed by atoms with Crippen LogP contribution >= 0.6 is 11.5 Å². The largest absolute Gasteiger partial charge is 0.337 e. The van der Waals surface area contributed by atoms with Gasteiger partial charge in [-0.15, -0.1) is 5.10 Å². The lowest BCUT2D eigenvalue weighted by atomic mass is 10.2. The average molecular weight is 252 g/mol. The van der Waals surface area contributed by atoms with Gasteiger partial charge in [0.05, 0.1) is 18.2 Å². The topological polar surface area (TPSA) is 69.9 Å². The molecule has 1 heterocycles. The Balaban J connectivity index is 2.79. The maximum absolute atomic E-state index is 12.2. The second-order valence-electron chi connectivity index (χ2n) is 3.59. The van der Waals surface area contributed by atoms with Gasteiger partial charge in [-0.3, -0.25) is 4.79 Å². The van der Waals surface area contributed by atoms with Crippen molar-refractivity contribution in [3.63, 3.8) is 0 Å². The number of carbonyl (C=O) groups is 1. The first-order valence-corrected chi connectivity index (χ1v) is 6.49. The van der Waals surface area contributed by atoms with Crippen LogP contribution in [0.3, 0.4) is 0 Å². The van der Waals surface area contributed by atoms with Crippen LogP contribution in [0.4, 0.5) is 0 Å². The third-order valence-electron chi connectivity index (χ3n) is 2.40. The molecule has 0 N–H and O–H groups in total. The van der Waals surface area contributed by atoms with Gasteiger partial charge in [-0.05, 0) is 24.9 Å². The molecule has 6 heteroatoms. The van der Waals surface area contributed by atoms with Gasteiger partial charge in [0.25, 0.3) is 5.91 Å². The zero-order valence-corrected chi connectivity index (χ0v) is 11.0. The summed E-state index contributed by atoms with van der Waals surface area (Å²) >= 11 is 1.14. The first-order valence-electron chi connectivity index (χ1n) is 5.72. The Morgan fingerprint density at radius 1 is 1.53 bits per heavy atom. The lowest BCUT2D eigenvalue weighted by Gasteiger charge is -2.18. The molecule has 1 aromatic heterocycles. The second-order valence-corrected chi connectivity index (χ2v) is 4.35. The molecule has 17 heavy (non-hydrogen) atoms. The number of aryl methyl sites for hydroxylation is 1. The van der Waals surface area contributed by atoms with E-state index < -0.39 is 0 Å². The molecule has 0 aliphatic rings. The highest BCUT2D eigenvalue weighted by Crippen LogP contribution is 2.15. The van der Waals surface area contributed by atoms with E-state index >= 15 is 0 Å². The van der Waals surface area contributed by atoms with E-state index in [1.54, 1.807) is 4.90 Å². The van der Waals surface area contributed by atoms with Gasteiger partial charge in [0.1, 0.15) is 4.88 Å². The minimum atomic E-state index is -0.0544. The van der Waals surface area contributed by atoms with E-state index in [1.807, 2.05) is 13.8 Å². The molecule has 0 radical (unpaired) electrons. The highest BCUT2D eigenvalue weighted by Gasteiger charge is 2.20. The van der Waals surface area contributed by atoms with E-state index in [-0.39, 0.29) is 5.91 Å². The molecule has 0 aromatic carbocycles. The maximum Gasteiger partial charge on any atom is 0.267 e. The first kappa shape index (κ1) is 13.6. The Morgan fingerprint density at radius 3 is 2.88 bits per heavy atom. The van der Waals surface area contributed by atoms with Crippen molar-refractivity contribution in [3.05, 3.63) is 10.6 Å². The normalized spacial score (nSPS) is 9.94. The van der Waals surface area contributed by atoms with Gasteiger partial charge >= 0.3 is 0 Å². The number of rotatable bonds is 6.